The summed E-state index contributed by atoms with van der Waals surface area (Å²) in [5.41, 5.74) is 5.62. The number of halogens is 1. The maximum Gasteiger partial charge on any atom is 0.348 e. The number of ether oxygens (including phenoxy) is 2. The Morgan fingerprint density at radius 3 is 2.57 bits per heavy atom. The number of hydrogen-bond acceptors (Lipinski definition) is 7. The van der Waals surface area contributed by atoms with Gasteiger partial charge < -0.3 is 15.2 Å². The third kappa shape index (κ3) is 5.92. The average molecular weight is 387 g/mol. The number of rotatable bonds is 9. The van der Waals surface area contributed by atoms with Crippen LogP contribution in [0.4, 0.5) is 0 Å². The van der Waals surface area contributed by atoms with Gasteiger partial charge in [0.05, 0.1) is 14.2 Å². The minimum atomic E-state index is -3.81. The summed E-state index contributed by atoms with van der Waals surface area (Å²) in [5, 5.41) is 0. The first kappa shape index (κ1) is 22.1. The second-order valence-corrected chi connectivity index (χ2v) is 7.62. The SMILES string of the molecule is CCCCC(CN)NS(=O)(=O)c1sc(C(=O)OC)cc1OC.Cl. The molecule has 1 unspecified atom stereocenters. The van der Waals surface area contributed by atoms with E-state index in [1.807, 2.05) is 6.92 Å². The minimum absolute atomic E-state index is 0. The third-order valence-electron chi connectivity index (χ3n) is 3.03. The van der Waals surface area contributed by atoms with Crippen LogP contribution in [0.2, 0.25) is 0 Å². The van der Waals surface area contributed by atoms with Crippen LogP contribution >= 0.6 is 23.7 Å². The van der Waals surface area contributed by atoms with E-state index in [9.17, 15) is 13.2 Å². The molecule has 1 atom stereocenters. The summed E-state index contributed by atoms with van der Waals surface area (Å²) in [6, 6.07) is 1.01. The second-order valence-electron chi connectivity index (χ2n) is 4.65. The number of nitrogens with one attached hydrogen (secondary N) is 1. The van der Waals surface area contributed by atoms with Gasteiger partial charge in [-0.2, -0.15) is 0 Å². The van der Waals surface area contributed by atoms with Crippen LogP contribution in [-0.4, -0.2) is 41.2 Å². The zero-order valence-electron chi connectivity index (χ0n) is 13.3. The lowest BCUT2D eigenvalue weighted by molar-refractivity contribution is 0.0606. The van der Waals surface area contributed by atoms with Crippen molar-refractivity contribution in [2.24, 2.45) is 5.73 Å². The molecule has 0 aliphatic carbocycles. The summed E-state index contributed by atoms with van der Waals surface area (Å²) in [4.78, 5) is 11.7. The molecule has 1 aromatic heterocycles. The van der Waals surface area contributed by atoms with Crippen molar-refractivity contribution in [3.05, 3.63) is 10.9 Å². The molecule has 0 aliphatic heterocycles. The molecule has 1 rings (SSSR count). The Balaban J connectivity index is 0.00000484. The third-order valence-corrected chi connectivity index (χ3v) is 6.16. The molecular formula is C13H23ClN2O5S2. The monoisotopic (exact) mass is 386 g/mol. The van der Waals surface area contributed by atoms with E-state index in [0.29, 0.717) is 6.42 Å². The van der Waals surface area contributed by atoms with Crippen molar-refractivity contribution in [2.45, 2.75) is 36.4 Å². The molecule has 0 amide bonds. The van der Waals surface area contributed by atoms with Crippen molar-refractivity contribution >= 4 is 39.7 Å². The van der Waals surface area contributed by atoms with E-state index in [4.69, 9.17) is 10.5 Å². The summed E-state index contributed by atoms with van der Waals surface area (Å²) < 4.78 is 37.1. The highest BCUT2D eigenvalue weighted by atomic mass is 35.5. The Bertz CT molecular complexity index is 604. The molecule has 0 saturated heterocycles. The van der Waals surface area contributed by atoms with Crippen LogP contribution < -0.4 is 15.2 Å². The highest BCUT2D eigenvalue weighted by Crippen LogP contribution is 2.34. The first-order valence-corrected chi connectivity index (χ1v) is 9.18. The molecule has 7 nitrogen and oxygen atoms in total. The molecule has 0 fully saturated rings. The Kier molecular flexibility index (Phi) is 9.71. The molecule has 134 valence electrons. The number of carbonyl (C=O) groups excluding carboxylic acids is 1. The molecule has 23 heavy (non-hydrogen) atoms. The van der Waals surface area contributed by atoms with Crippen LogP contribution in [0.3, 0.4) is 0 Å². The van der Waals surface area contributed by atoms with E-state index in [2.05, 4.69) is 9.46 Å². The number of sulfonamides is 1. The standard InChI is InChI=1S/C13H22N2O5S2.ClH/c1-4-5-6-9(8-14)15-22(17,18)13-10(19-2)7-11(21-13)12(16)20-3;/h7,9,15H,4-6,8,14H2,1-3H3;1H. The molecule has 0 aromatic carbocycles. The first-order valence-electron chi connectivity index (χ1n) is 6.88. The van der Waals surface area contributed by atoms with Crippen molar-refractivity contribution < 1.29 is 22.7 Å². The average Bonchev–Trinajstić information content (AvgIpc) is 2.95. The molecule has 0 radical (unpaired) electrons. The molecule has 1 heterocycles. The van der Waals surface area contributed by atoms with Crippen LogP contribution in [-0.2, 0) is 14.8 Å². The van der Waals surface area contributed by atoms with Crippen molar-refractivity contribution in [3.8, 4) is 5.75 Å². The van der Waals surface area contributed by atoms with Gasteiger partial charge in [-0.3, -0.25) is 0 Å². The quantitative estimate of drug-likeness (QED) is 0.626. The van der Waals surface area contributed by atoms with Gasteiger partial charge in [0, 0.05) is 18.7 Å². The van der Waals surface area contributed by atoms with Gasteiger partial charge in [0.25, 0.3) is 10.0 Å². The molecule has 0 bridgehead atoms. The fourth-order valence-corrected chi connectivity index (χ4v) is 4.63. The van der Waals surface area contributed by atoms with Gasteiger partial charge >= 0.3 is 5.97 Å². The number of unbranched alkanes of at least 4 members (excludes halogenated alkanes) is 1. The van der Waals surface area contributed by atoms with E-state index in [0.717, 1.165) is 24.2 Å². The number of thiophene rings is 1. The first-order chi connectivity index (χ1) is 10.4. The normalized spacial score (nSPS) is 12.3. The lowest BCUT2D eigenvalue weighted by atomic mass is 10.1. The van der Waals surface area contributed by atoms with Gasteiger partial charge in [-0.05, 0) is 6.42 Å². The fraction of sp³-hybridized carbons (Fsp3) is 0.615. The van der Waals surface area contributed by atoms with Gasteiger partial charge in [0.2, 0.25) is 0 Å². The number of nitrogens with two attached hydrogens (primary N) is 1. The number of carbonyl (C=O) groups is 1. The maximum atomic E-state index is 12.5. The summed E-state index contributed by atoms with van der Waals surface area (Å²) in [6.45, 7) is 2.23. The van der Waals surface area contributed by atoms with E-state index in [1.165, 1.54) is 20.3 Å². The Hall–Kier alpha value is -0.870. The van der Waals surface area contributed by atoms with Crippen LogP contribution in [0.5, 0.6) is 5.75 Å². The molecule has 1 aromatic rings. The predicted molar refractivity (Wildman–Crippen MR) is 92.1 cm³/mol. The van der Waals surface area contributed by atoms with E-state index in [-0.39, 0.29) is 39.8 Å². The Morgan fingerprint density at radius 1 is 1.43 bits per heavy atom. The second kappa shape index (κ2) is 10.1. The highest BCUT2D eigenvalue weighted by Gasteiger charge is 2.27. The zero-order chi connectivity index (χ0) is 16.8. The van der Waals surface area contributed by atoms with E-state index < -0.39 is 16.0 Å². The molecule has 3 N–H and O–H groups in total. The summed E-state index contributed by atoms with van der Waals surface area (Å²) in [7, 11) is -1.23. The Labute approximate surface area is 147 Å². The van der Waals surface area contributed by atoms with Gasteiger partial charge in [-0.25, -0.2) is 17.9 Å². The van der Waals surface area contributed by atoms with E-state index in [1.54, 1.807) is 0 Å². The molecular weight excluding hydrogens is 364 g/mol. The van der Waals surface area contributed by atoms with Crippen LogP contribution in [0.15, 0.2) is 10.3 Å². The predicted octanol–water partition coefficient (Wildman–Crippen LogP) is 1.76. The zero-order valence-corrected chi connectivity index (χ0v) is 15.8. The molecule has 0 spiro atoms. The van der Waals surface area contributed by atoms with Crippen LogP contribution in [0.1, 0.15) is 35.9 Å². The smallest absolute Gasteiger partial charge is 0.348 e. The van der Waals surface area contributed by atoms with Gasteiger partial charge in [-0.1, -0.05) is 19.8 Å². The van der Waals surface area contributed by atoms with Crippen molar-refractivity contribution in [1.29, 1.82) is 0 Å². The molecule has 0 aliphatic rings. The van der Waals surface area contributed by atoms with Gasteiger partial charge in [0.15, 0.2) is 9.96 Å². The van der Waals surface area contributed by atoms with E-state index >= 15 is 0 Å². The summed E-state index contributed by atoms with van der Waals surface area (Å²) >= 11 is 0.809. The van der Waals surface area contributed by atoms with Crippen LogP contribution in [0.25, 0.3) is 0 Å². The highest BCUT2D eigenvalue weighted by molar-refractivity contribution is 7.91. The fourth-order valence-electron chi connectivity index (χ4n) is 1.84. The van der Waals surface area contributed by atoms with Crippen molar-refractivity contribution in [1.82, 2.24) is 4.72 Å². The molecule has 0 saturated carbocycles. The maximum absolute atomic E-state index is 12.5. The van der Waals surface area contributed by atoms with Gasteiger partial charge in [-0.15, -0.1) is 23.7 Å². The Morgan fingerprint density at radius 2 is 2.09 bits per heavy atom. The summed E-state index contributed by atoms with van der Waals surface area (Å²) in [5.74, 6) is -0.490. The van der Waals surface area contributed by atoms with Crippen molar-refractivity contribution in [3.63, 3.8) is 0 Å². The number of hydrogen-bond donors (Lipinski definition) is 2. The summed E-state index contributed by atoms with van der Waals surface area (Å²) in [6.07, 6.45) is 2.48. The lowest BCUT2D eigenvalue weighted by Crippen LogP contribution is -2.39. The number of esters is 1. The van der Waals surface area contributed by atoms with Crippen LogP contribution in [0, 0.1) is 0 Å². The van der Waals surface area contributed by atoms with Gasteiger partial charge in [0.1, 0.15) is 4.88 Å². The minimum Gasteiger partial charge on any atom is -0.494 e. The number of methoxy groups -OCH3 is 2. The largest absolute Gasteiger partial charge is 0.494 e. The van der Waals surface area contributed by atoms with Crippen molar-refractivity contribution in [2.75, 3.05) is 20.8 Å². The lowest BCUT2D eigenvalue weighted by Gasteiger charge is -2.16. The molecule has 10 heteroatoms. The topological polar surface area (TPSA) is 108 Å².